The molecule has 0 heterocycles. The molecule has 0 saturated heterocycles. The maximum atomic E-state index is 13.0. The van der Waals surface area contributed by atoms with E-state index in [9.17, 15) is 9.18 Å². The zero-order chi connectivity index (χ0) is 13.7. The smallest absolute Gasteiger partial charge is 0.335 e. The second kappa shape index (κ2) is 6.38. The second-order valence-electron chi connectivity index (χ2n) is 4.09. The van der Waals surface area contributed by atoms with E-state index in [0.717, 1.165) is 11.1 Å². The van der Waals surface area contributed by atoms with Crippen LogP contribution in [0.5, 0.6) is 0 Å². The van der Waals surface area contributed by atoms with Crippen molar-refractivity contribution < 1.29 is 14.3 Å². The van der Waals surface area contributed by atoms with Gasteiger partial charge >= 0.3 is 5.97 Å². The molecular weight excluding hydrogens is 263 g/mol. The van der Waals surface area contributed by atoms with Gasteiger partial charge in [-0.2, -0.15) is 11.8 Å². The molecule has 0 amide bonds. The average molecular weight is 276 g/mol. The van der Waals surface area contributed by atoms with E-state index >= 15 is 0 Å². The minimum atomic E-state index is -0.915. The number of carboxylic acid groups (broad SMARTS) is 1. The molecule has 0 aromatic heterocycles. The average Bonchev–Trinajstić information content (AvgIpc) is 2.39. The van der Waals surface area contributed by atoms with Crippen molar-refractivity contribution in [3.63, 3.8) is 0 Å². The number of rotatable bonds is 5. The van der Waals surface area contributed by atoms with Gasteiger partial charge in [0.2, 0.25) is 0 Å². The monoisotopic (exact) mass is 276 g/mol. The van der Waals surface area contributed by atoms with Gasteiger partial charge in [0, 0.05) is 11.5 Å². The van der Waals surface area contributed by atoms with Crippen LogP contribution in [0.2, 0.25) is 0 Å². The SMILES string of the molecule is O=C(O)c1ccccc1CSCc1cccc(F)c1. The Hall–Kier alpha value is -1.81. The highest BCUT2D eigenvalue weighted by molar-refractivity contribution is 7.97. The minimum Gasteiger partial charge on any atom is -0.478 e. The first-order valence-corrected chi connectivity index (χ1v) is 6.95. The molecule has 2 aromatic carbocycles. The van der Waals surface area contributed by atoms with Gasteiger partial charge in [0.1, 0.15) is 5.82 Å². The van der Waals surface area contributed by atoms with Crippen molar-refractivity contribution >= 4 is 17.7 Å². The summed E-state index contributed by atoms with van der Waals surface area (Å²) >= 11 is 1.57. The Labute approximate surface area is 115 Å². The van der Waals surface area contributed by atoms with E-state index in [4.69, 9.17) is 5.11 Å². The molecule has 0 unspecified atom stereocenters. The van der Waals surface area contributed by atoms with E-state index in [1.807, 2.05) is 18.2 Å². The number of carboxylic acids is 1. The van der Waals surface area contributed by atoms with Crippen molar-refractivity contribution in [2.45, 2.75) is 11.5 Å². The van der Waals surface area contributed by atoms with Crippen molar-refractivity contribution in [2.24, 2.45) is 0 Å². The number of hydrogen-bond acceptors (Lipinski definition) is 2. The fourth-order valence-electron chi connectivity index (χ4n) is 1.76. The summed E-state index contributed by atoms with van der Waals surface area (Å²) in [4.78, 5) is 11.0. The summed E-state index contributed by atoms with van der Waals surface area (Å²) in [5.74, 6) is 0.0935. The van der Waals surface area contributed by atoms with Gasteiger partial charge in [-0.1, -0.05) is 30.3 Å². The molecule has 0 spiro atoms. The van der Waals surface area contributed by atoms with Crippen LogP contribution >= 0.6 is 11.8 Å². The normalized spacial score (nSPS) is 10.4. The Morgan fingerprint density at radius 1 is 1.11 bits per heavy atom. The first-order chi connectivity index (χ1) is 9.16. The highest BCUT2D eigenvalue weighted by Crippen LogP contribution is 2.20. The zero-order valence-electron chi connectivity index (χ0n) is 10.2. The summed E-state index contributed by atoms with van der Waals surface area (Å²) in [5, 5.41) is 9.06. The molecule has 2 rings (SSSR count). The third-order valence-corrected chi connectivity index (χ3v) is 3.72. The van der Waals surface area contributed by atoms with E-state index in [2.05, 4.69) is 0 Å². The predicted octanol–water partition coefficient (Wildman–Crippen LogP) is 3.96. The van der Waals surface area contributed by atoms with E-state index in [1.165, 1.54) is 12.1 Å². The Morgan fingerprint density at radius 3 is 2.63 bits per heavy atom. The first kappa shape index (κ1) is 13.6. The van der Waals surface area contributed by atoms with Crippen LogP contribution in [-0.2, 0) is 11.5 Å². The van der Waals surface area contributed by atoms with Crippen LogP contribution in [0.3, 0.4) is 0 Å². The van der Waals surface area contributed by atoms with Gasteiger partial charge in [-0.25, -0.2) is 9.18 Å². The molecule has 2 aromatic rings. The van der Waals surface area contributed by atoms with Crippen LogP contribution in [-0.4, -0.2) is 11.1 Å². The molecular formula is C15H13FO2S. The van der Waals surface area contributed by atoms with Crippen molar-refractivity contribution in [3.8, 4) is 0 Å². The molecule has 0 aliphatic carbocycles. The third kappa shape index (κ3) is 3.83. The van der Waals surface area contributed by atoms with Crippen LogP contribution in [0.1, 0.15) is 21.5 Å². The van der Waals surface area contributed by atoms with E-state index in [0.29, 0.717) is 17.1 Å². The van der Waals surface area contributed by atoms with Crippen LogP contribution in [0, 0.1) is 5.82 Å². The summed E-state index contributed by atoms with van der Waals surface area (Å²) in [6.45, 7) is 0. The van der Waals surface area contributed by atoms with Gasteiger partial charge in [0.05, 0.1) is 5.56 Å². The molecule has 0 fully saturated rings. The molecule has 0 aliphatic rings. The van der Waals surface area contributed by atoms with Crippen molar-refractivity contribution in [3.05, 3.63) is 71.0 Å². The number of hydrogen-bond donors (Lipinski definition) is 1. The summed E-state index contributed by atoms with van der Waals surface area (Å²) in [5.41, 5.74) is 2.02. The van der Waals surface area contributed by atoms with E-state index < -0.39 is 5.97 Å². The van der Waals surface area contributed by atoms with Crippen molar-refractivity contribution in [1.82, 2.24) is 0 Å². The largest absolute Gasteiger partial charge is 0.478 e. The number of thioether (sulfide) groups is 1. The van der Waals surface area contributed by atoms with Crippen molar-refractivity contribution in [1.29, 1.82) is 0 Å². The molecule has 1 N–H and O–H groups in total. The Balaban J connectivity index is 1.98. The zero-order valence-corrected chi connectivity index (χ0v) is 11.0. The maximum Gasteiger partial charge on any atom is 0.335 e. The fraction of sp³-hybridized carbons (Fsp3) is 0.133. The fourth-order valence-corrected chi connectivity index (χ4v) is 2.75. The number of halogens is 1. The third-order valence-electron chi connectivity index (χ3n) is 2.66. The molecule has 0 radical (unpaired) electrons. The molecule has 0 atom stereocenters. The summed E-state index contributed by atoms with van der Waals surface area (Å²) in [6, 6.07) is 13.4. The quantitative estimate of drug-likeness (QED) is 0.898. The molecule has 98 valence electrons. The lowest BCUT2D eigenvalue weighted by Gasteiger charge is -2.06. The predicted molar refractivity (Wildman–Crippen MR) is 74.8 cm³/mol. The summed E-state index contributed by atoms with van der Waals surface area (Å²) in [6.07, 6.45) is 0. The van der Waals surface area contributed by atoms with E-state index in [1.54, 1.807) is 30.0 Å². The standard InChI is InChI=1S/C15H13FO2S/c16-13-6-3-4-11(8-13)9-19-10-12-5-1-2-7-14(12)15(17)18/h1-8H,9-10H2,(H,17,18). The lowest BCUT2D eigenvalue weighted by molar-refractivity contribution is 0.0696. The number of benzene rings is 2. The van der Waals surface area contributed by atoms with Crippen LogP contribution in [0.15, 0.2) is 48.5 Å². The maximum absolute atomic E-state index is 13.0. The molecule has 4 heteroatoms. The molecule has 19 heavy (non-hydrogen) atoms. The van der Waals surface area contributed by atoms with Gasteiger partial charge in [0.15, 0.2) is 0 Å². The molecule has 2 nitrogen and oxygen atoms in total. The number of aromatic carboxylic acids is 1. The molecule has 0 aliphatic heterocycles. The van der Waals surface area contributed by atoms with Gasteiger partial charge < -0.3 is 5.11 Å². The topological polar surface area (TPSA) is 37.3 Å². The van der Waals surface area contributed by atoms with Crippen LogP contribution < -0.4 is 0 Å². The molecule has 0 saturated carbocycles. The highest BCUT2D eigenvalue weighted by Gasteiger charge is 2.08. The Morgan fingerprint density at radius 2 is 1.89 bits per heavy atom. The van der Waals surface area contributed by atoms with Gasteiger partial charge in [-0.3, -0.25) is 0 Å². The van der Waals surface area contributed by atoms with Gasteiger partial charge in [-0.05, 0) is 29.3 Å². The minimum absolute atomic E-state index is 0.246. The van der Waals surface area contributed by atoms with Crippen molar-refractivity contribution in [2.75, 3.05) is 0 Å². The number of carbonyl (C=O) groups is 1. The molecule has 0 bridgehead atoms. The lowest BCUT2D eigenvalue weighted by atomic mass is 10.1. The Kier molecular flexibility index (Phi) is 4.58. The lowest BCUT2D eigenvalue weighted by Crippen LogP contribution is -2.01. The van der Waals surface area contributed by atoms with Gasteiger partial charge in [0.25, 0.3) is 0 Å². The van der Waals surface area contributed by atoms with Crippen LogP contribution in [0.25, 0.3) is 0 Å². The van der Waals surface area contributed by atoms with Gasteiger partial charge in [-0.15, -0.1) is 0 Å². The van der Waals surface area contributed by atoms with Crippen LogP contribution in [0.4, 0.5) is 4.39 Å². The van der Waals surface area contributed by atoms with E-state index in [-0.39, 0.29) is 5.82 Å². The summed E-state index contributed by atoms with van der Waals surface area (Å²) in [7, 11) is 0. The second-order valence-corrected chi connectivity index (χ2v) is 5.07. The Bertz CT molecular complexity index is 584. The summed E-state index contributed by atoms with van der Waals surface area (Å²) < 4.78 is 13.0. The highest BCUT2D eigenvalue weighted by atomic mass is 32.2. The first-order valence-electron chi connectivity index (χ1n) is 5.80.